The second-order valence-corrected chi connectivity index (χ2v) is 4.86. The number of hydrogen-bond acceptors (Lipinski definition) is 5. The molecule has 0 aliphatic carbocycles. The van der Waals surface area contributed by atoms with Gasteiger partial charge in [0.05, 0.1) is 4.92 Å². The maximum absolute atomic E-state index is 13.0. The third kappa shape index (κ3) is 4.13. The van der Waals surface area contributed by atoms with Crippen LogP contribution in [0.1, 0.15) is 15.9 Å². The van der Waals surface area contributed by atoms with Crippen LogP contribution in [-0.4, -0.2) is 23.4 Å². The Bertz CT molecular complexity index is 807. The van der Waals surface area contributed by atoms with E-state index < -0.39 is 29.2 Å². The van der Waals surface area contributed by atoms with E-state index in [1.807, 2.05) is 0 Å². The van der Waals surface area contributed by atoms with Crippen molar-refractivity contribution in [1.82, 2.24) is 0 Å². The van der Waals surface area contributed by atoms with Crippen LogP contribution in [0.25, 0.3) is 0 Å². The summed E-state index contributed by atoms with van der Waals surface area (Å²) in [6, 6.07) is 9.41. The van der Waals surface area contributed by atoms with Crippen LogP contribution >= 0.6 is 0 Å². The van der Waals surface area contributed by atoms with Crippen molar-refractivity contribution in [3.8, 4) is 0 Å². The van der Waals surface area contributed by atoms with Crippen molar-refractivity contribution in [3.63, 3.8) is 0 Å². The summed E-state index contributed by atoms with van der Waals surface area (Å²) in [6.07, 6.45) is 0. The molecule has 1 N–H and O–H groups in total. The topological polar surface area (TPSA) is 98.5 Å². The number of ether oxygens (including phenoxy) is 1. The maximum Gasteiger partial charge on any atom is 0.345 e. The van der Waals surface area contributed by atoms with Gasteiger partial charge >= 0.3 is 5.97 Å². The fourth-order valence-electron chi connectivity index (χ4n) is 2.04. The molecule has 0 aliphatic heterocycles. The lowest BCUT2D eigenvalue weighted by Crippen LogP contribution is -2.21. The van der Waals surface area contributed by atoms with E-state index in [1.54, 1.807) is 0 Å². The summed E-state index contributed by atoms with van der Waals surface area (Å²) in [4.78, 5) is 34.0. The lowest BCUT2D eigenvalue weighted by atomic mass is 10.1. The van der Waals surface area contributed by atoms with E-state index in [4.69, 9.17) is 4.74 Å². The number of nitro benzene ring substituents is 1. The average Bonchev–Trinajstić information content (AvgIpc) is 2.52. The molecule has 0 fully saturated rings. The third-order valence-electron chi connectivity index (χ3n) is 3.08. The van der Waals surface area contributed by atoms with E-state index >= 15 is 0 Å². The first-order chi connectivity index (χ1) is 11.4. The van der Waals surface area contributed by atoms with Gasteiger partial charge in [-0.15, -0.1) is 0 Å². The first kappa shape index (κ1) is 17.1. The molecule has 0 radical (unpaired) electrons. The molecule has 124 valence electrons. The van der Waals surface area contributed by atoms with Crippen molar-refractivity contribution in [2.75, 3.05) is 11.9 Å². The van der Waals surface area contributed by atoms with Crippen molar-refractivity contribution in [2.45, 2.75) is 6.92 Å². The SMILES string of the molecule is Cc1cccc(C(=O)OCC(=O)Nc2cccc(F)c2)c1[N+](=O)[O-]. The van der Waals surface area contributed by atoms with Crippen LogP contribution in [0.5, 0.6) is 0 Å². The van der Waals surface area contributed by atoms with Crippen LogP contribution in [-0.2, 0) is 9.53 Å². The molecule has 0 aromatic heterocycles. The van der Waals surface area contributed by atoms with Crippen LogP contribution in [0, 0.1) is 22.9 Å². The number of benzene rings is 2. The summed E-state index contributed by atoms with van der Waals surface area (Å²) >= 11 is 0. The van der Waals surface area contributed by atoms with Crippen LogP contribution in [0.3, 0.4) is 0 Å². The number of aryl methyl sites for hydroxylation is 1. The van der Waals surface area contributed by atoms with Gasteiger partial charge in [-0.25, -0.2) is 9.18 Å². The van der Waals surface area contributed by atoms with Gasteiger partial charge in [0.15, 0.2) is 6.61 Å². The van der Waals surface area contributed by atoms with Crippen molar-refractivity contribution in [2.24, 2.45) is 0 Å². The molecule has 0 atom stereocenters. The Morgan fingerprint density at radius 1 is 1.25 bits per heavy atom. The molecule has 2 aromatic carbocycles. The quantitative estimate of drug-likeness (QED) is 0.516. The Morgan fingerprint density at radius 3 is 2.62 bits per heavy atom. The number of anilines is 1. The highest BCUT2D eigenvalue weighted by molar-refractivity contribution is 5.97. The number of hydrogen-bond donors (Lipinski definition) is 1. The van der Waals surface area contributed by atoms with Crippen molar-refractivity contribution in [3.05, 3.63) is 69.5 Å². The number of nitrogens with one attached hydrogen (secondary N) is 1. The largest absolute Gasteiger partial charge is 0.452 e. The first-order valence-electron chi connectivity index (χ1n) is 6.85. The van der Waals surface area contributed by atoms with Crippen molar-refractivity contribution in [1.29, 1.82) is 0 Å². The van der Waals surface area contributed by atoms with E-state index in [2.05, 4.69) is 5.32 Å². The van der Waals surface area contributed by atoms with Gasteiger partial charge in [-0.1, -0.05) is 18.2 Å². The molecule has 0 unspecified atom stereocenters. The molecule has 1 amide bonds. The zero-order chi connectivity index (χ0) is 17.7. The first-order valence-corrected chi connectivity index (χ1v) is 6.85. The maximum atomic E-state index is 13.0. The minimum atomic E-state index is -0.986. The molecule has 0 saturated carbocycles. The lowest BCUT2D eigenvalue weighted by molar-refractivity contribution is -0.385. The van der Waals surface area contributed by atoms with Gasteiger partial charge < -0.3 is 10.1 Å². The number of nitro groups is 1. The molecular formula is C16H13FN2O5. The van der Waals surface area contributed by atoms with Crippen LogP contribution in [0.2, 0.25) is 0 Å². The highest BCUT2D eigenvalue weighted by Crippen LogP contribution is 2.23. The molecule has 0 heterocycles. The van der Waals surface area contributed by atoms with E-state index in [1.165, 1.54) is 43.3 Å². The molecule has 8 heteroatoms. The highest BCUT2D eigenvalue weighted by atomic mass is 19.1. The Hall–Kier alpha value is -3.29. The number of carbonyl (C=O) groups is 2. The Balaban J connectivity index is 2.02. The van der Waals surface area contributed by atoms with E-state index in [-0.39, 0.29) is 16.9 Å². The summed E-state index contributed by atoms with van der Waals surface area (Å²) in [5.74, 6) is -2.20. The molecule has 2 aromatic rings. The number of carbonyl (C=O) groups excluding carboxylic acids is 2. The fourth-order valence-corrected chi connectivity index (χ4v) is 2.04. The minimum Gasteiger partial charge on any atom is -0.452 e. The zero-order valence-corrected chi connectivity index (χ0v) is 12.6. The van der Waals surface area contributed by atoms with Crippen molar-refractivity contribution >= 4 is 23.3 Å². The molecule has 2 rings (SSSR count). The predicted molar refractivity (Wildman–Crippen MR) is 83.1 cm³/mol. The van der Waals surface area contributed by atoms with Crippen LogP contribution < -0.4 is 5.32 Å². The zero-order valence-electron chi connectivity index (χ0n) is 12.6. The summed E-state index contributed by atoms with van der Waals surface area (Å²) in [5, 5.41) is 13.4. The van der Waals surface area contributed by atoms with Crippen LogP contribution in [0.4, 0.5) is 15.8 Å². The van der Waals surface area contributed by atoms with E-state index in [0.717, 1.165) is 6.07 Å². The summed E-state index contributed by atoms with van der Waals surface area (Å²) in [7, 11) is 0. The number of rotatable bonds is 5. The number of esters is 1. The van der Waals surface area contributed by atoms with E-state index in [0.29, 0.717) is 5.56 Å². The average molecular weight is 332 g/mol. The molecule has 0 spiro atoms. The Morgan fingerprint density at radius 2 is 1.96 bits per heavy atom. The van der Waals surface area contributed by atoms with Crippen molar-refractivity contribution < 1.29 is 23.6 Å². The predicted octanol–water partition coefficient (Wildman–Crippen LogP) is 2.84. The number of halogens is 1. The second-order valence-electron chi connectivity index (χ2n) is 4.86. The standard InChI is InChI=1S/C16H13FN2O5/c1-10-4-2-7-13(15(10)19(22)23)16(21)24-9-14(20)18-12-6-3-5-11(17)8-12/h2-8H,9H2,1H3,(H,18,20). The number of amides is 1. The fraction of sp³-hybridized carbons (Fsp3) is 0.125. The van der Waals surface area contributed by atoms with Gasteiger partial charge in [0.2, 0.25) is 0 Å². The van der Waals surface area contributed by atoms with Gasteiger partial charge in [-0.3, -0.25) is 14.9 Å². The third-order valence-corrected chi connectivity index (χ3v) is 3.08. The Kier molecular flexibility index (Phi) is 5.20. The molecule has 0 aliphatic rings. The van der Waals surface area contributed by atoms with Gasteiger partial charge in [-0.05, 0) is 31.2 Å². The van der Waals surface area contributed by atoms with Crippen LogP contribution in [0.15, 0.2) is 42.5 Å². The lowest BCUT2D eigenvalue weighted by Gasteiger charge is -2.08. The van der Waals surface area contributed by atoms with Gasteiger partial charge in [0.25, 0.3) is 11.6 Å². The van der Waals surface area contributed by atoms with Gasteiger partial charge in [0.1, 0.15) is 11.4 Å². The summed E-state index contributed by atoms with van der Waals surface area (Å²) in [5.41, 5.74) is -0.0946. The normalized spacial score (nSPS) is 10.1. The molecule has 0 bridgehead atoms. The minimum absolute atomic E-state index is 0.206. The second kappa shape index (κ2) is 7.32. The Labute approximate surface area is 136 Å². The highest BCUT2D eigenvalue weighted by Gasteiger charge is 2.24. The summed E-state index contributed by atoms with van der Waals surface area (Å²) in [6.45, 7) is 0.839. The summed E-state index contributed by atoms with van der Waals surface area (Å²) < 4.78 is 17.8. The van der Waals surface area contributed by atoms with Gasteiger partial charge in [-0.2, -0.15) is 0 Å². The molecule has 24 heavy (non-hydrogen) atoms. The smallest absolute Gasteiger partial charge is 0.345 e. The molecule has 0 saturated heterocycles. The molecule has 7 nitrogen and oxygen atoms in total. The van der Waals surface area contributed by atoms with Gasteiger partial charge in [0, 0.05) is 11.3 Å². The van der Waals surface area contributed by atoms with E-state index in [9.17, 15) is 24.1 Å². The number of nitrogens with zero attached hydrogens (tertiary/aromatic N) is 1. The molecular weight excluding hydrogens is 319 g/mol. The number of para-hydroxylation sites is 1. The monoisotopic (exact) mass is 332 g/mol.